The first kappa shape index (κ1) is 14.3. The van der Waals surface area contributed by atoms with Crippen molar-refractivity contribution in [2.45, 2.75) is 20.1 Å². The van der Waals surface area contributed by atoms with Crippen LogP contribution in [0, 0.1) is 6.92 Å². The molecule has 0 aliphatic carbocycles. The van der Waals surface area contributed by atoms with Crippen LogP contribution in [0.3, 0.4) is 0 Å². The number of hydrogen-bond donors (Lipinski definition) is 1. The maximum atomic E-state index is 5.92. The Hall–Kier alpha value is -1.16. The monoisotopic (exact) mass is 299 g/mol. The number of benzene rings is 1. The molecule has 1 heterocycles. The highest BCUT2D eigenvalue weighted by Crippen LogP contribution is 2.27. The maximum absolute atomic E-state index is 5.92. The Morgan fingerprint density at radius 1 is 1.21 bits per heavy atom. The zero-order valence-electron chi connectivity index (χ0n) is 10.8. The van der Waals surface area contributed by atoms with Crippen LogP contribution < -0.4 is 10.1 Å². The van der Waals surface area contributed by atoms with Crippen LogP contribution >= 0.6 is 23.2 Å². The Morgan fingerprint density at radius 2 is 2.00 bits per heavy atom. The van der Waals surface area contributed by atoms with E-state index in [1.807, 2.05) is 20.0 Å². The van der Waals surface area contributed by atoms with Crippen LogP contribution in [-0.2, 0) is 13.2 Å². The third kappa shape index (κ3) is 3.66. The molecule has 0 spiro atoms. The van der Waals surface area contributed by atoms with Gasteiger partial charge in [0.25, 0.3) is 0 Å². The van der Waals surface area contributed by atoms with Gasteiger partial charge >= 0.3 is 0 Å². The lowest BCUT2D eigenvalue weighted by molar-refractivity contribution is 0.267. The molecular weight excluding hydrogens is 285 g/mol. The molecule has 2 rings (SSSR count). The Labute approximate surface area is 122 Å². The SMILES string of the molecule is CNCc1cc(COc2ccc(Cl)c(Cl)c2)oc1C. The maximum Gasteiger partial charge on any atom is 0.146 e. The van der Waals surface area contributed by atoms with Crippen LogP contribution in [0.1, 0.15) is 17.1 Å². The second-order valence-corrected chi connectivity index (χ2v) is 5.00. The van der Waals surface area contributed by atoms with Crippen LogP contribution in [0.4, 0.5) is 0 Å². The number of ether oxygens (including phenoxy) is 1. The molecule has 0 fully saturated rings. The van der Waals surface area contributed by atoms with Gasteiger partial charge in [-0.25, -0.2) is 0 Å². The molecule has 0 amide bonds. The summed E-state index contributed by atoms with van der Waals surface area (Å²) in [4.78, 5) is 0. The smallest absolute Gasteiger partial charge is 0.146 e. The minimum absolute atomic E-state index is 0.364. The molecule has 5 heteroatoms. The lowest BCUT2D eigenvalue weighted by Crippen LogP contribution is -2.04. The summed E-state index contributed by atoms with van der Waals surface area (Å²) in [6.07, 6.45) is 0. The van der Waals surface area contributed by atoms with E-state index < -0.39 is 0 Å². The molecule has 0 aliphatic heterocycles. The van der Waals surface area contributed by atoms with Crippen molar-refractivity contribution in [3.63, 3.8) is 0 Å². The number of rotatable bonds is 5. The fourth-order valence-corrected chi connectivity index (χ4v) is 2.03. The summed E-state index contributed by atoms with van der Waals surface area (Å²) in [5.74, 6) is 2.36. The van der Waals surface area contributed by atoms with Crippen LogP contribution in [-0.4, -0.2) is 7.05 Å². The third-order valence-corrected chi connectivity index (χ3v) is 3.45. The van der Waals surface area contributed by atoms with Gasteiger partial charge in [-0.2, -0.15) is 0 Å². The van der Waals surface area contributed by atoms with E-state index in [4.69, 9.17) is 32.4 Å². The van der Waals surface area contributed by atoms with Gasteiger partial charge in [0.2, 0.25) is 0 Å². The molecule has 1 N–H and O–H groups in total. The van der Waals surface area contributed by atoms with Crippen molar-refractivity contribution in [1.82, 2.24) is 5.32 Å². The van der Waals surface area contributed by atoms with E-state index in [1.165, 1.54) is 0 Å². The normalized spacial score (nSPS) is 10.7. The first-order chi connectivity index (χ1) is 9.10. The van der Waals surface area contributed by atoms with E-state index in [1.54, 1.807) is 18.2 Å². The molecule has 0 radical (unpaired) electrons. The summed E-state index contributed by atoms with van der Waals surface area (Å²) in [7, 11) is 1.90. The molecule has 1 aromatic heterocycles. The van der Waals surface area contributed by atoms with E-state index in [9.17, 15) is 0 Å². The Bertz CT molecular complexity index is 567. The lowest BCUT2D eigenvalue weighted by atomic mass is 10.2. The summed E-state index contributed by atoms with van der Waals surface area (Å²) < 4.78 is 11.2. The quantitative estimate of drug-likeness (QED) is 0.899. The number of furan rings is 1. The van der Waals surface area contributed by atoms with Crippen molar-refractivity contribution in [2.75, 3.05) is 7.05 Å². The van der Waals surface area contributed by atoms with Crippen LogP contribution in [0.5, 0.6) is 5.75 Å². The molecule has 2 aromatic rings. The molecule has 102 valence electrons. The molecule has 0 unspecified atom stereocenters. The number of halogens is 2. The molecule has 3 nitrogen and oxygen atoms in total. The highest BCUT2D eigenvalue weighted by molar-refractivity contribution is 6.42. The van der Waals surface area contributed by atoms with Crippen LogP contribution in [0.15, 0.2) is 28.7 Å². The van der Waals surface area contributed by atoms with Crippen molar-refractivity contribution in [3.05, 3.63) is 51.4 Å². The predicted octanol–water partition coefficient (Wildman–Crippen LogP) is 4.19. The van der Waals surface area contributed by atoms with Crippen molar-refractivity contribution in [1.29, 1.82) is 0 Å². The second-order valence-electron chi connectivity index (χ2n) is 4.19. The van der Waals surface area contributed by atoms with Gasteiger partial charge in [0, 0.05) is 18.2 Å². The van der Waals surface area contributed by atoms with Crippen molar-refractivity contribution in [3.8, 4) is 5.75 Å². The second kappa shape index (κ2) is 6.33. The highest BCUT2D eigenvalue weighted by Gasteiger charge is 2.08. The minimum Gasteiger partial charge on any atom is -0.486 e. The predicted molar refractivity (Wildman–Crippen MR) is 77.0 cm³/mol. The van der Waals surface area contributed by atoms with E-state index in [0.717, 1.165) is 23.6 Å². The third-order valence-electron chi connectivity index (χ3n) is 2.71. The van der Waals surface area contributed by atoms with E-state index in [0.29, 0.717) is 22.4 Å². The van der Waals surface area contributed by atoms with Crippen molar-refractivity contribution >= 4 is 23.2 Å². The van der Waals surface area contributed by atoms with Crippen LogP contribution in [0.2, 0.25) is 10.0 Å². The lowest BCUT2D eigenvalue weighted by Gasteiger charge is -2.05. The molecule has 0 bridgehead atoms. The summed E-state index contributed by atoms with van der Waals surface area (Å²) in [5.41, 5.74) is 1.13. The highest BCUT2D eigenvalue weighted by atomic mass is 35.5. The fourth-order valence-electron chi connectivity index (χ4n) is 1.75. The average molecular weight is 300 g/mol. The Kier molecular flexibility index (Phi) is 4.75. The van der Waals surface area contributed by atoms with Gasteiger partial charge in [0.05, 0.1) is 10.0 Å². The summed E-state index contributed by atoms with van der Waals surface area (Å²) in [6, 6.07) is 7.16. The summed E-state index contributed by atoms with van der Waals surface area (Å²) in [6.45, 7) is 3.08. The molecule has 19 heavy (non-hydrogen) atoms. The average Bonchev–Trinajstić information content (AvgIpc) is 2.72. The zero-order valence-corrected chi connectivity index (χ0v) is 12.3. The van der Waals surface area contributed by atoms with Gasteiger partial charge in [-0.05, 0) is 32.2 Å². The number of hydrogen-bond acceptors (Lipinski definition) is 3. The first-order valence-corrected chi connectivity index (χ1v) is 6.66. The molecular formula is C14H15Cl2NO2. The molecule has 0 aliphatic rings. The molecule has 0 atom stereocenters. The topological polar surface area (TPSA) is 34.4 Å². The summed E-state index contributed by atoms with van der Waals surface area (Å²) >= 11 is 11.8. The van der Waals surface area contributed by atoms with Gasteiger partial charge in [-0.1, -0.05) is 23.2 Å². The van der Waals surface area contributed by atoms with Gasteiger partial charge in [0.15, 0.2) is 0 Å². The van der Waals surface area contributed by atoms with Crippen LogP contribution in [0.25, 0.3) is 0 Å². The largest absolute Gasteiger partial charge is 0.486 e. The van der Waals surface area contributed by atoms with Gasteiger partial charge in [0.1, 0.15) is 23.9 Å². The molecule has 0 saturated carbocycles. The molecule has 1 aromatic carbocycles. The number of nitrogens with one attached hydrogen (secondary N) is 1. The Morgan fingerprint density at radius 3 is 2.68 bits per heavy atom. The van der Waals surface area contributed by atoms with Gasteiger partial charge in [-0.15, -0.1) is 0 Å². The fraction of sp³-hybridized carbons (Fsp3) is 0.286. The van der Waals surface area contributed by atoms with Crippen molar-refractivity contribution < 1.29 is 9.15 Å². The van der Waals surface area contributed by atoms with E-state index in [2.05, 4.69) is 5.32 Å². The Balaban J connectivity index is 2.01. The zero-order chi connectivity index (χ0) is 13.8. The van der Waals surface area contributed by atoms with E-state index >= 15 is 0 Å². The van der Waals surface area contributed by atoms with Crippen molar-refractivity contribution in [2.24, 2.45) is 0 Å². The minimum atomic E-state index is 0.364. The van der Waals surface area contributed by atoms with Gasteiger partial charge in [-0.3, -0.25) is 0 Å². The summed E-state index contributed by atoms with van der Waals surface area (Å²) in [5, 5.41) is 4.08. The first-order valence-electron chi connectivity index (χ1n) is 5.91. The molecule has 0 saturated heterocycles. The standard InChI is InChI=1S/C14H15Cl2NO2/c1-9-10(7-17-2)5-12(19-9)8-18-11-3-4-13(15)14(16)6-11/h3-6,17H,7-8H2,1-2H3. The van der Waals surface area contributed by atoms with Gasteiger partial charge < -0.3 is 14.5 Å². The van der Waals surface area contributed by atoms with E-state index in [-0.39, 0.29) is 0 Å². The number of aryl methyl sites for hydroxylation is 1.